The Balaban J connectivity index is 2.21. The largest absolute Gasteiger partial charge is 0.493 e. The second kappa shape index (κ2) is 6.74. The molecular formula is C16H16FNO3. The molecule has 0 saturated carbocycles. The maximum Gasteiger partial charge on any atom is 0.255 e. The second-order valence-electron chi connectivity index (χ2n) is 4.23. The molecule has 21 heavy (non-hydrogen) atoms. The normalized spacial score (nSPS) is 10.0. The maximum atomic E-state index is 13.5. The van der Waals surface area contributed by atoms with Crippen molar-refractivity contribution >= 4 is 11.6 Å². The molecule has 0 spiro atoms. The van der Waals surface area contributed by atoms with Gasteiger partial charge in [-0.2, -0.15) is 0 Å². The molecule has 2 aromatic rings. The van der Waals surface area contributed by atoms with Crippen LogP contribution in [0.1, 0.15) is 17.3 Å². The van der Waals surface area contributed by atoms with Gasteiger partial charge in [-0.05, 0) is 37.3 Å². The van der Waals surface area contributed by atoms with Crippen molar-refractivity contribution in [2.45, 2.75) is 6.92 Å². The zero-order valence-electron chi connectivity index (χ0n) is 11.9. The third-order valence-corrected chi connectivity index (χ3v) is 2.85. The number of carbonyl (C=O) groups is 1. The van der Waals surface area contributed by atoms with E-state index in [1.54, 1.807) is 30.3 Å². The number of halogens is 1. The lowest BCUT2D eigenvalue weighted by Crippen LogP contribution is -2.13. The zero-order valence-corrected chi connectivity index (χ0v) is 11.9. The molecule has 0 atom stereocenters. The van der Waals surface area contributed by atoms with Gasteiger partial charge in [-0.15, -0.1) is 0 Å². The Morgan fingerprint density at radius 3 is 2.62 bits per heavy atom. The monoisotopic (exact) mass is 289 g/mol. The van der Waals surface area contributed by atoms with Crippen molar-refractivity contribution in [2.75, 3.05) is 19.0 Å². The second-order valence-corrected chi connectivity index (χ2v) is 4.23. The molecule has 1 amide bonds. The number of anilines is 1. The van der Waals surface area contributed by atoms with Gasteiger partial charge in [-0.1, -0.05) is 12.1 Å². The minimum absolute atomic E-state index is 0.135. The molecule has 1 N–H and O–H groups in total. The fraction of sp³-hybridized carbons (Fsp3) is 0.188. The first-order chi connectivity index (χ1) is 10.2. The van der Waals surface area contributed by atoms with Gasteiger partial charge in [-0.25, -0.2) is 4.39 Å². The summed E-state index contributed by atoms with van der Waals surface area (Å²) in [4.78, 5) is 12.1. The summed E-state index contributed by atoms with van der Waals surface area (Å²) in [5.74, 6) is 0.116. The number of para-hydroxylation sites is 1. The average molecular weight is 289 g/mol. The van der Waals surface area contributed by atoms with E-state index in [2.05, 4.69) is 5.32 Å². The maximum absolute atomic E-state index is 13.5. The Morgan fingerprint density at radius 1 is 1.19 bits per heavy atom. The van der Waals surface area contributed by atoms with Crippen molar-refractivity contribution in [3.05, 3.63) is 53.8 Å². The molecule has 0 fully saturated rings. The summed E-state index contributed by atoms with van der Waals surface area (Å²) in [6.45, 7) is 2.36. The third kappa shape index (κ3) is 3.51. The van der Waals surface area contributed by atoms with Gasteiger partial charge in [0.15, 0.2) is 11.5 Å². The van der Waals surface area contributed by atoms with Crippen molar-refractivity contribution in [1.82, 2.24) is 0 Å². The minimum atomic E-state index is -0.483. The van der Waals surface area contributed by atoms with Gasteiger partial charge in [0.1, 0.15) is 5.82 Å². The first-order valence-corrected chi connectivity index (χ1v) is 6.52. The Labute approximate surface area is 122 Å². The SMILES string of the molecule is CCOc1ccc(C(=O)Nc2ccccc2F)cc1OC. The topological polar surface area (TPSA) is 47.6 Å². The Morgan fingerprint density at radius 2 is 1.95 bits per heavy atom. The van der Waals surface area contributed by atoms with Gasteiger partial charge in [0.2, 0.25) is 0 Å². The van der Waals surface area contributed by atoms with Crippen LogP contribution in [0.25, 0.3) is 0 Å². The predicted octanol–water partition coefficient (Wildman–Crippen LogP) is 3.49. The number of nitrogens with one attached hydrogen (secondary N) is 1. The molecule has 0 aromatic heterocycles. The zero-order chi connectivity index (χ0) is 15.2. The van der Waals surface area contributed by atoms with Gasteiger partial charge in [0.25, 0.3) is 5.91 Å². The van der Waals surface area contributed by atoms with Crippen molar-refractivity contribution in [1.29, 1.82) is 0 Å². The first-order valence-electron chi connectivity index (χ1n) is 6.52. The van der Waals surface area contributed by atoms with E-state index < -0.39 is 11.7 Å². The number of carbonyl (C=O) groups excluding carboxylic acids is 1. The molecule has 0 saturated heterocycles. The first kappa shape index (κ1) is 14.8. The van der Waals surface area contributed by atoms with Crippen LogP contribution in [0.5, 0.6) is 11.5 Å². The predicted molar refractivity (Wildman–Crippen MR) is 78.5 cm³/mol. The lowest BCUT2D eigenvalue weighted by Gasteiger charge is -2.11. The van der Waals surface area contributed by atoms with E-state index in [0.717, 1.165) is 0 Å². The summed E-state index contributed by atoms with van der Waals surface area (Å²) in [5, 5.41) is 2.52. The number of methoxy groups -OCH3 is 1. The van der Waals surface area contributed by atoms with Crippen LogP contribution in [0.3, 0.4) is 0 Å². The highest BCUT2D eigenvalue weighted by Crippen LogP contribution is 2.28. The number of hydrogen-bond acceptors (Lipinski definition) is 3. The van der Waals surface area contributed by atoms with Crippen LogP contribution in [0.2, 0.25) is 0 Å². The average Bonchev–Trinajstić information content (AvgIpc) is 2.50. The van der Waals surface area contributed by atoms with Crippen molar-refractivity contribution in [3.63, 3.8) is 0 Å². The van der Waals surface area contributed by atoms with Gasteiger partial charge >= 0.3 is 0 Å². The van der Waals surface area contributed by atoms with Gasteiger partial charge in [-0.3, -0.25) is 4.79 Å². The molecule has 4 nitrogen and oxygen atoms in total. The molecular weight excluding hydrogens is 273 g/mol. The summed E-state index contributed by atoms with van der Waals surface area (Å²) in [7, 11) is 1.50. The van der Waals surface area contributed by atoms with Gasteiger partial charge in [0, 0.05) is 5.56 Å². The molecule has 0 unspecified atom stereocenters. The number of ether oxygens (including phenoxy) is 2. The fourth-order valence-electron chi connectivity index (χ4n) is 1.84. The Bertz CT molecular complexity index is 643. The molecule has 110 valence electrons. The van der Waals surface area contributed by atoms with Crippen LogP contribution in [0, 0.1) is 5.82 Å². The lowest BCUT2D eigenvalue weighted by molar-refractivity contribution is 0.102. The minimum Gasteiger partial charge on any atom is -0.493 e. The fourth-order valence-corrected chi connectivity index (χ4v) is 1.84. The Kier molecular flexibility index (Phi) is 4.77. The summed E-state index contributed by atoms with van der Waals surface area (Å²) < 4.78 is 24.1. The summed E-state index contributed by atoms with van der Waals surface area (Å²) in [5.41, 5.74) is 0.494. The smallest absolute Gasteiger partial charge is 0.255 e. The van der Waals surface area contributed by atoms with E-state index in [1.807, 2.05) is 6.92 Å². The molecule has 0 aliphatic rings. The lowest BCUT2D eigenvalue weighted by atomic mass is 10.2. The molecule has 0 aliphatic carbocycles. The molecule has 0 heterocycles. The van der Waals surface area contributed by atoms with Crippen LogP contribution in [-0.2, 0) is 0 Å². The molecule has 2 rings (SSSR count). The number of benzene rings is 2. The van der Waals surface area contributed by atoms with E-state index in [4.69, 9.17) is 9.47 Å². The number of rotatable bonds is 5. The molecule has 0 radical (unpaired) electrons. The summed E-state index contributed by atoms with van der Waals surface area (Å²) in [6, 6.07) is 10.8. The van der Waals surface area contributed by atoms with E-state index in [-0.39, 0.29) is 5.69 Å². The van der Waals surface area contributed by atoms with Gasteiger partial charge in [0.05, 0.1) is 19.4 Å². The highest BCUT2D eigenvalue weighted by atomic mass is 19.1. The standard InChI is InChI=1S/C16H16FNO3/c1-3-21-14-9-8-11(10-15(14)20-2)16(19)18-13-7-5-4-6-12(13)17/h4-10H,3H2,1-2H3,(H,18,19). The van der Waals surface area contributed by atoms with Crippen LogP contribution < -0.4 is 14.8 Å². The van der Waals surface area contributed by atoms with Crippen molar-refractivity contribution in [2.24, 2.45) is 0 Å². The Hall–Kier alpha value is -2.56. The summed E-state index contributed by atoms with van der Waals surface area (Å²) in [6.07, 6.45) is 0. The van der Waals surface area contributed by atoms with Gasteiger partial charge < -0.3 is 14.8 Å². The summed E-state index contributed by atoms with van der Waals surface area (Å²) >= 11 is 0. The number of amides is 1. The van der Waals surface area contributed by atoms with Crippen LogP contribution in [-0.4, -0.2) is 19.6 Å². The molecule has 5 heteroatoms. The molecule has 2 aromatic carbocycles. The van der Waals surface area contributed by atoms with E-state index in [1.165, 1.54) is 19.2 Å². The van der Waals surface area contributed by atoms with Crippen LogP contribution in [0.15, 0.2) is 42.5 Å². The van der Waals surface area contributed by atoms with Crippen LogP contribution >= 0.6 is 0 Å². The van der Waals surface area contributed by atoms with Crippen LogP contribution in [0.4, 0.5) is 10.1 Å². The van der Waals surface area contributed by atoms with E-state index >= 15 is 0 Å². The highest BCUT2D eigenvalue weighted by molar-refractivity contribution is 6.04. The molecule has 0 bridgehead atoms. The third-order valence-electron chi connectivity index (χ3n) is 2.85. The molecule has 0 aliphatic heterocycles. The van der Waals surface area contributed by atoms with E-state index in [0.29, 0.717) is 23.7 Å². The quantitative estimate of drug-likeness (QED) is 0.916. The highest BCUT2D eigenvalue weighted by Gasteiger charge is 2.12. The van der Waals surface area contributed by atoms with Crippen molar-refractivity contribution < 1.29 is 18.7 Å². The number of hydrogen-bond donors (Lipinski definition) is 1. The van der Waals surface area contributed by atoms with Crippen molar-refractivity contribution in [3.8, 4) is 11.5 Å². The van der Waals surface area contributed by atoms with E-state index in [9.17, 15) is 9.18 Å².